The van der Waals surface area contributed by atoms with Gasteiger partial charge in [-0.2, -0.15) is 0 Å². The third-order valence-electron chi connectivity index (χ3n) is 1.14. The fourth-order valence-corrected chi connectivity index (χ4v) is 0.637. The Morgan fingerprint density at radius 1 is 1.30 bits per heavy atom. The average Bonchev–Trinajstić information content (AvgIpc) is 2.41. The van der Waals surface area contributed by atoms with Crippen molar-refractivity contribution in [1.29, 1.82) is 0 Å². The highest BCUT2D eigenvalue weighted by molar-refractivity contribution is 4.91. The summed E-state index contributed by atoms with van der Waals surface area (Å²) in [6.07, 6.45) is 6.03. The minimum atomic E-state index is -0.147. The van der Waals surface area contributed by atoms with E-state index in [0.29, 0.717) is 0 Å². The van der Waals surface area contributed by atoms with Crippen molar-refractivity contribution in [2.45, 2.75) is 25.9 Å². The molecule has 0 amide bonds. The zero-order chi connectivity index (χ0) is 7.23. The molecule has 10 heavy (non-hydrogen) atoms. The lowest BCUT2D eigenvalue weighted by Gasteiger charge is -1.88. The van der Waals surface area contributed by atoms with Crippen LogP contribution in [-0.4, -0.2) is 6.17 Å². The molecule has 0 aliphatic carbocycles. The van der Waals surface area contributed by atoms with Gasteiger partial charge in [-0.1, -0.05) is 19.4 Å². The molecule has 0 aromatic carbocycles. The van der Waals surface area contributed by atoms with E-state index in [4.69, 9.17) is 0 Å². The topological polar surface area (TPSA) is 49.4 Å². The van der Waals surface area contributed by atoms with E-state index in [9.17, 15) is 0 Å². The first kappa shape index (κ1) is 7.05. The van der Waals surface area contributed by atoms with Crippen molar-refractivity contribution in [3.8, 4) is 0 Å². The van der Waals surface area contributed by atoms with Gasteiger partial charge in [0.25, 0.3) is 0 Å². The first-order chi connectivity index (χ1) is 4.93. The van der Waals surface area contributed by atoms with Crippen LogP contribution in [0.3, 0.4) is 0 Å². The molecule has 0 radical (unpaired) electrons. The van der Waals surface area contributed by atoms with Crippen LogP contribution in [0.5, 0.6) is 0 Å². The highest BCUT2D eigenvalue weighted by Gasteiger charge is 2.01. The van der Waals surface area contributed by atoms with Crippen molar-refractivity contribution in [3.05, 3.63) is 12.2 Å². The molecule has 0 atom stereocenters. The summed E-state index contributed by atoms with van der Waals surface area (Å²) in [6.45, 7) is 2.13. The number of hydrogen-bond acceptors (Lipinski definition) is 4. The summed E-state index contributed by atoms with van der Waals surface area (Å²) in [4.78, 5) is 0. The Bertz CT molecular complexity index is 159. The summed E-state index contributed by atoms with van der Waals surface area (Å²) < 4.78 is 0. The molecule has 0 saturated heterocycles. The van der Waals surface area contributed by atoms with Crippen LogP contribution >= 0.6 is 0 Å². The van der Waals surface area contributed by atoms with Gasteiger partial charge in [-0.3, -0.25) is 0 Å². The van der Waals surface area contributed by atoms with Gasteiger partial charge in [-0.15, -0.1) is 10.2 Å². The van der Waals surface area contributed by atoms with E-state index in [2.05, 4.69) is 27.6 Å². The van der Waals surface area contributed by atoms with Gasteiger partial charge < -0.3 is 0 Å². The van der Waals surface area contributed by atoms with Crippen LogP contribution in [-0.2, 0) is 0 Å². The van der Waals surface area contributed by atoms with Crippen LogP contribution in [0.15, 0.2) is 32.8 Å². The smallest absolute Gasteiger partial charge is 0.134 e. The largest absolute Gasteiger partial charge is 0.203 e. The van der Waals surface area contributed by atoms with Crippen LogP contribution in [0, 0.1) is 0 Å². The maximum Gasteiger partial charge on any atom is 0.203 e. The fraction of sp³-hybridized carbons (Fsp3) is 0.667. The summed E-state index contributed by atoms with van der Waals surface area (Å²) in [5.74, 6) is 0. The van der Waals surface area contributed by atoms with Crippen molar-refractivity contribution in [1.82, 2.24) is 0 Å². The maximum absolute atomic E-state index is 3.71. The standard InChI is InChI=1S/C6H10N4/c1-2-3-4-5-6-7-9-10-8-6/h4-6H,2-3H2,1H3. The zero-order valence-corrected chi connectivity index (χ0v) is 5.94. The van der Waals surface area contributed by atoms with Crippen LogP contribution in [0.4, 0.5) is 0 Å². The molecule has 0 aromatic rings. The Morgan fingerprint density at radius 3 is 2.60 bits per heavy atom. The molecule has 0 N–H and O–H groups in total. The Labute approximate surface area is 59.7 Å². The SMILES string of the molecule is CCCC=CC1N=NN=N1. The Hall–Kier alpha value is -1.06. The van der Waals surface area contributed by atoms with Crippen molar-refractivity contribution in [3.63, 3.8) is 0 Å². The van der Waals surface area contributed by atoms with Crippen LogP contribution in [0.25, 0.3) is 0 Å². The molecule has 1 heterocycles. The molecule has 0 spiro atoms. The summed E-state index contributed by atoms with van der Waals surface area (Å²) in [5.41, 5.74) is 0. The number of hydrogen-bond donors (Lipinski definition) is 0. The first-order valence-electron chi connectivity index (χ1n) is 3.40. The van der Waals surface area contributed by atoms with Gasteiger partial charge in [0.05, 0.1) is 0 Å². The van der Waals surface area contributed by atoms with Crippen molar-refractivity contribution >= 4 is 0 Å². The maximum atomic E-state index is 3.71. The van der Waals surface area contributed by atoms with Gasteiger partial charge in [0.15, 0.2) is 0 Å². The second-order valence-electron chi connectivity index (χ2n) is 2.04. The number of unbranched alkanes of at least 4 members (excludes halogenated alkanes) is 1. The second kappa shape index (κ2) is 3.87. The summed E-state index contributed by atoms with van der Waals surface area (Å²) in [6, 6.07) is 0. The van der Waals surface area contributed by atoms with E-state index in [-0.39, 0.29) is 6.17 Å². The molecule has 54 valence electrons. The average molecular weight is 138 g/mol. The molecule has 4 nitrogen and oxygen atoms in total. The third-order valence-corrected chi connectivity index (χ3v) is 1.14. The van der Waals surface area contributed by atoms with Gasteiger partial charge >= 0.3 is 0 Å². The van der Waals surface area contributed by atoms with Crippen LogP contribution in [0.1, 0.15) is 19.8 Å². The molecule has 1 rings (SSSR count). The van der Waals surface area contributed by atoms with Gasteiger partial charge in [0, 0.05) is 0 Å². The summed E-state index contributed by atoms with van der Waals surface area (Å²) >= 11 is 0. The van der Waals surface area contributed by atoms with Gasteiger partial charge in [-0.25, -0.2) is 0 Å². The lowest BCUT2D eigenvalue weighted by atomic mass is 10.3. The second-order valence-corrected chi connectivity index (χ2v) is 2.04. The van der Waals surface area contributed by atoms with Gasteiger partial charge in [0.2, 0.25) is 6.17 Å². The normalized spacial score (nSPS) is 17.7. The van der Waals surface area contributed by atoms with E-state index in [1.54, 1.807) is 0 Å². The zero-order valence-electron chi connectivity index (χ0n) is 5.94. The summed E-state index contributed by atoms with van der Waals surface area (Å²) in [5, 5.41) is 14.2. The monoisotopic (exact) mass is 138 g/mol. The van der Waals surface area contributed by atoms with Crippen LogP contribution < -0.4 is 0 Å². The van der Waals surface area contributed by atoms with Crippen molar-refractivity contribution < 1.29 is 0 Å². The predicted octanol–water partition coefficient (Wildman–Crippen LogP) is 2.50. The molecule has 0 saturated carbocycles. The minimum absolute atomic E-state index is 0.147. The molecule has 1 aliphatic rings. The van der Waals surface area contributed by atoms with Gasteiger partial charge in [-0.05, 0) is 22.9 Å². The molecule has 4 heteroatoms. The molecule has 1 aliphatic heterocycles. The summed E-state index contributed by atoms with van der Waals surface area (Å²) in [7, 11) is 0. The lowest BCUT2D eigenvalue weighted by Crippen LogP contribution is -1.87. The van der Waals surface area contributed by atoms with Gasteiger partial charge in [0.1, 0.15) is 0 Å². The number of rotatable bonds is 3. The minimum Gasteiger partial charge on any atom is -0.134 e. The van der Waals surface area contributed by atoms with Crippen molar-refractivity contribution in [2.24, 2.45) is 20.7 Å². The number of allylic oxidation sites excluding steroid dienone is 1. The third kappa shape index (κ3) is 2.05. The van der Waals surface area contributed by atoms with Crippen LogP contribution in [0.2, 0.25) is 0 Å². The predicted molar refractivity (Wildman–Crippen MR) is 37.5 cm³/mol. The van der Waals surface area contributed by atoms with E-state index in [1.165, 1.54) is 0 Å². The lowest BCUT2D eigenvalue weighted by molar-refractivity contribution is 0.848. The molecule has 0 aromatic heterocycles. The Kier molecular flexibility index (Phi) is 2.73. The molecular formula is C6H10N4. The molecular weight excluding hydrogens is 128 g/mol. The van der Waals surface area contributed by atoms with E-state index in [0.717, 1.165) is 12.8 Å². The fourth-order valence-electron chi connectivity index (χ4n) is 0.637. The quantitative estimate of drug-likeness (QED) is 0.538. The Morgan fingerprint density at radius 2 is 2.00 bits per heavy atom. The molecule has 0 fully saturated rings. The van der Waals surface area contributed by atoms with Crippen molar-refractivity contribution in [2.75, 3.05) is 0 Å². The molecule has 0 bridgehead atoms. The Balaban J connectivity index is 2.24. The highest BCUT2D eigenvalue weighted by Crippen LogP contribution is 2.06. The highest BCUT2D eigenvalue weighted by atomic mass is 15.6. The van der Waals surface area contributed by atoms with E-state index < -0.39 is 0 Å². The molecule has 0 unspecified atom stereocenters. The first-order valence-corrected chi connectivity index (χ1v) is 3.40. The van der Waals surface area contributed by atoms with E-state index >= 15 is 0 Å². The van der Waals surface area contributed by atoms with E-state index in [1.807, 2.05) is 12.2 Å². The number of nitrogens with zero attached hydrogens (tertiary/aromatic N) is 4.